The molecule has 0 N–H and O–H groups in total. The van der Waals surface area contributed by atoms with Crippen molar-refractivity contribution in [3.8, 4) is 11.5 Å². The van der Waals surface area contributed by atoms with E-state index in [2.05, 4.69) is 6.92 Å². The molecule has 4 rings (SSSR count). The lowest BCUT2D eigenvalue weighted by atomic mass is 9.90. The number of Topliss-reactive ketones (excluding diaryl/α,β-unsaturated/α-hetero) is 1. The maximum Gasteiger partial charge on any atom is 0.339 e. The van der Waals surface area contributed by atoms with Crippen molar-refractivity contribution in [3.05, 3.63) is 50.9 Å². The first-order chi connectivity index (χ1) is 13.5. The minimum absolute atomic E-state index is 0.0695. The van der Waals surface area contributed by atoms with E-state index in [0.29, 0.717) is 34.6 Å². The van der Waals surface area contributed by atoms with E-state index in [0.717, 1.165) is 22.9 Å². The number of benzene rings is 1. The van der Waals surface area contributed by atoms with Gasteiger partial charge in [0.05, 0.1) is 10.9 Å². The fraction of sp³-hybridized carbons (Fsp3) is 0.391. The van der Waals surface area contributed by atoms with Crippen LogP contribution in [0.25, 0.3) is 17.0 Å². The monoisotopic (exact) mass is 380 g/mol. The number of hydrogen-bond donors (Lipinski definition) is 0. The van der Waals surface area contributed by atoms with Crippen molar-refractivity contribution in [2.24, 2.45) is 0 Å². The van der Waals surface area contributed by atoms with Gasteiger partial charge >= 0.3 is 5.63 Å². The third-order valence-electron chi connectivity index (χ3n) is 5.31. The molecule has 1 aromatic carbocycles. The van der Waals surface area contributed by atoms with E-state index >= 15 is 0 Å². The van der Waals surface area contributed by atoms with Crippen LogP contribution < -0.4 is 15.1 Å². The Labute approximate surface area is 163 Å². The van der Waals surface area contributed by atoms with Gasteiger partial charge in [0, 0.05) is 12.0 Å². The van der Waals surface area contributed by atoms with Gasteiger partial charge in [-0.3, -0.25) is 4.79 Å². The molecule has 0 saturated carbocycles. The molecule has 0 radical (unpaired) electrons. The van der Waals surface area contributed by atoms with Crippen molar-refractivity contribution in [1.82, 2.24) is 0 Å². The molecule has 5 heteroatoms. The maximum absolute atomic E-state index is 12.9. The topological polar surface area (TPSA) is 65.7 Å². The van der Waals surface area contributed by atoms with Crippen LogP contribution >= 0.6 is 0 Å². The third-order valence-corrected chi connectivity index (χ3v) is 5.31. The van der Waals surface area contributed by atoms with E-state index < -0.39 is 5.63 Å². The molecule has 0 spiro atoms. The average Bonchev–Trinajstić information content (AvgIpc) is 2.65. The van der Waals surface area contributed by atoms with E-state index in [1.54, 1.807) is 6.92 Å². The standard InChI is InChI=1S/C23H24O5/c1-5-7-14-9-10-16-20(27-14)18-15(8-6-2)13(4)23(25)28-22(18)19-17(24)11-12(3)26-21(16)19/h5,7,9-10,12,14H,6,8,11H2,1-4H3/b7-5+. The summed E-state index contributed by atoms with van der Waals surface area (Å²) < 4.78 is 18.0. The van der Waals surface area contributed by atoms with Crippen LogP contribution in [0.1, 0.15) is 60.7 Å². The minimum atomic E-state index is -0.416. The fourth-order valence-electron chi connectivity index (χ4n) is 4.04. The second-order valence-electron chi connectivity index (χ2n) is 7.42. The second kappa shape index (κ2) is 6.97. The van der Waals surface area contributed by atoms with E-state index in [1.807, 2.05) is 38.2 Å². The summed E-state index contributed by atoms with van der Waals surface area (Å²) in [6.45, 7) is 7.63. The number of carbonyl (C=O) groups excluding carboxylic acids is 1. The summed E-state index contributed by atoms with van der Waals surface area (Å²) in [7, 11) is 0. The lowest BCUT2D eigenvalue weighted by Crippen LogP contribution is -2.27. The number of allylic oxidation sites excluding steroid dienone is 1. The molecular formula is C23H24O5. The molecule has 1 aromatic heterocycles. The Morgan fingerprint density at radius 3 is 2.71 bits per heavy atom. The van der Waals surface area contributed by atoms with Crippen molar-refractivity contribution in [2.45, 2.75) is 59.2 Å². The zero-order valence-electron chi connectivity index (χ0n) is 16.6. The first-order valence-corrected chi connectivity index (χ1v) is 9.80. The van der Waals surface area contributed by atoms with Gasteiger partial charge in [-0.1, -0.05) is 19.4 Å². The van der Waals surface area contributed by atoms with Crippen LogP contribution in [0.2, 0.25) is 0 Å². The zero-order valence-corrected chi connectivity index (χ0v) is 16.6. The normalized spacial score (nSPS) is 20.8. The quantitative estimate of drug-likeness (QED) is 0.567. The average molecular weight is 380 g/mol. The lowest BCUT2D eigenvalue weighted by molar-refractivity contribution is 0.0870. The number of aryl methyl sites for hydroxylation is 1. The molecule has 2 aliphatic rings. The van der Waals surface area contributed by atoms with Crippen LogP contribution in [0, 0.1) is 6.92 Å². The Morgan fingerprint density at radius 2 is 2.00 bits per heavy atom. The van der Waals surface area contributed by atoms with Gasteiger partial charge < -0.3 is 13.9 Å². The Bertz CT molecular complexity index is 1090. The molecule has 5 nitrogen and oxygen atoms in total. The van der Waals surface area contributed by atoms with Crippen LogP contribution in [0.15, 0.2) is 27.4 Å². The van der Waals surface area contributed by atoms with Crippen LogP contribution in [-0.2, 0) is 6.42 Å². The van der Waals surface area contributed by atoms with Gasteiger partial charge in [-0.25, -0.2) is 4.79 Å². The first-order valence-electron chi connectivity index (χ1n) is 9.80. The van der Waals surface area contributed by atoms with Crippen molar-refractivity contribution in [1.29, 1.82) is 0 Å². The van der Waals surface area contributed by atoms with Gasteiger partial charge in [0.1, 0.15) is 29.3 Å². The molecule has 3 heterocycles. The van der Waals surface area contributed by atoms with Crippen molar-refractivity contribution in [3.63, 3.8) is 0 Å². The highest BCUT2D eigenvalue weighted by Crippen LogP contribution is 2.48. The molecule has 2 atom stereocenters. The summed E-state index contributed by atoms with van der Waals surface area (Å²) in [6.07, 6.45) is 9.12. The van der Waals surface area contributed by atoms with Gasteiger partial charge in [0.25, 0.3) is 0 Å². The van der Waals surface area contributed by atoms with Crippen LogP contribution in [-0.4, -0.2) is 18.0 Å². The molecule has 0 amide bonds. The molecule has 0 saturated heterocycles. The van der Waals surface area contributed by atoms with Crippen molar-refractivity contribution < 1.29 is 18.7 Å². The third kappa shape index (κ3) is 2.77. The first kappa shape index (κ1) is 18.5. The predicted octanol–water partition coefficient (Wildman–Crippen LogP) is 4.76. The van der Waals surface area contributed by atoms with E-state index in [9.17, 15) is 9.59 Å². The number of rotatable bonds is 3. The van der Waals surface area contributed by atoms with Crippen LogP contribution in [0.5, 0.6) is 11.5 Å². The highest BCUT2D eigenvalue weighted by atomic mass is 16.5. The molecule has 0 fully saturated rings. The largest absolute Gasteiger partial charge is 0.489 e. The molecule has 146 valence electrons. The van der Waals surface area contributed by atoms with E-state index in [-0.39, 0.29) is 24.4 Å². The summed E-state index contributed by atoms with van der Waals surface area (Å²) in [5, 5.41) is 0.720. The number of ketones is 1. The Balaban J connectivity index is 2.16. The molecule has 2 aliphatic heterocycles. The summed E-state index contributed by atoms with van der Waals surface area (Å²) in [6, 6.07) is 0. The highest BCUT2D eigenvalue weighted by molar-refractivity contribution is 6.13. The van der Waals surface area contributed by atoms with Crippen molar-refractivity contribution in [2.75, 3.05) is 0 Å². The highest BCUT2D eigenvalue weighted by Gasteiger charge is 2.35. The number of ether oxygens (including phenoxy) is 2. The van der Waals surface area contributed by atoms with Crippen LogP contribution in [0.3, 0.4) is 0 Å². The van der Waals surface area contributed by atoms with Gasteiger partial charge in [0.15, 0.2) is 11.4 Å². The van der Waals surface area contributed by atoms with Gasteiger partial charge in [0.2, 0.25) is 0 Å². The number of carbonyl (C=O) groups is 1. The predicted molar refractivity (Wildman–Crippen MR) is 109 cm³/mol. The molecule has 0 bridgehead atoms. The van der Waals surface area contributed by atoms with Gasteiger partial charge in [-0.05, 0) is 51.0 Å². The number of fused-ring (bicyclic) bond motifs is 6. The summed E-state index contributed by atoms with van der Waals surface area (Å²) >= 11 is 0. The SMILES string of the molecule is C/C=C/C1C=Cc2c3c(c4oc(=O)c(C)c(CCC)c4c2O1)C(=O)CC(C)O3. The van der Waals surface area contributed by atoms with Crippen LogP contribution in [0.4, 0.5) is 0 Å². The number of hydrogen-bond acceptors (Lipinski definition) is 5. The molecular weight excluding hydrogens is 356 g/mol. The summed E-state index contributed by atoms with van der Waals surface area (Å²) in [5.74, 6) is 1.01. The Morgan fingerprint density at radius 1 is 1.21 bits per heavy atom. The van der Waals surface area contributed by atoms with Crippen molar-refractivity contribution >= 4 is 22.8 Å². The van der Waals surface area contributed by atoms with Gasteiger partial charge in [-0.2, -0.15) is 0 Å². The Kier molecular flexibility index (Phi) is 4.61. The van der Waals surface area contributed by atoms with E-state index in [4.69, 9.17) is 13.9 Å². The second-order valence-corrected chi connectivity index (χ2v) is 7.42. The molecule has 2 unspecified atom stereocenters. The summed E-state index contributed by atoms with van der Waals surface area (Å²) in [4.78, 5) is 25.4. The smallest absolute Gasteiger partial charge is 0.339 e. The summed E-state index contributed by atoms with van der Waals surface area (Å²) in [5.41, 5.74) is 2.43. The molecule has 2 aromatic rings. The zero-order chi connectivity index (χ0) is 20.0. The fourth-order valence-corrected chi connectivity index (χ4v) is 4.04. The minimum Gasteiger partial charge on any atom is -0.489 e. The molecule has 0 aliphatic carbocycles. The van der Waals surface area contributed by atoms with Gasteiger partial charge in [-0.15, -0.1) is 0 Å². The molecule has 28 heavy (non-hydrogen) atoms. The Hall–Kier alpha value is -2.82. The van der Waals surface area contributed by atoms with E-state index in [1.165, 1.54) is 0 Å². The lowest BCUT2D eigenvalue weighted by Gasteiger charge is -2.29. The maximum atomic E-state index is 12.9.